The van der Waals surface area contributed by atoms with Crippen molar-refractivity contribution in [3.63, 3.8) is 0 Å². The van der Waals surface area contributed by atoms with E-state index < -0.39 is 0 Å². The van der Waals surface area contributed by atoms with Gasteiger partial charge in [0, 0.05) is 13.0 Å². The van der Waals surface area contributed by atoms with Crippen molar-refractivity contribution in [1.29, 1.82) is 0 Å². The maximum atomic E-state index is 5.27. The van der Waals surface area contributed by atoms with Gasteiger partial charge in [0.05, 0.1) is 12.9 Å². The molecule has 0 amide bonds. The highest BCUT2D eigenvalue weighted by molar-refractivity contribution is 8.00. The zero-order chi connectivity index (χ0) is 18.4. The summed E-state index contributed by atoms with van der Waals surface area (Å²) in [5, 5.41) is 16.4. The molecule has 3 aromatic rings. The molecular weight excluding hydrogens is 370 g/mol. The molecule has 0 bridgehead atoms. The first kappa shape index (κ1) is 18.7. The smallest absolute Gasteiger partial charge is 0.237 e. The largest absolute Gasteiger partial charge is 0.497 e. The Hall–Kier alpha value is -2.13. The Morgan fingerprint density at radius 3 is 2.77 bits per heavy atom. The summed E-state index contributed by atoms with van der Waals surface area (Å²) < 4.78 is 11.3. The minimum atomic E-state index is 0.510. The number of nitrogens with one attached hydrogen (secondary N) is 1. The Labute approximate surface area is 160 Å². The number of ether oxygens (including phenoxy) is 1. The Bertz CT molecular complexity index is 817. The highest BCUT2D eigenvalue weighted by Crippen LogP contribution is 2.28. The van der Waals surface area contributed by atoms with E-state index in [4.69, 9.17) is 9.26 Å². The number of anilines is 1. The zero-order valence-electron chi connectivity index (χ0n) is 14.9. The number of nitrogens with zero attached hydrogens (tertiary/aromatic N) is 4. The molecule has 0 atom stereocenters. The van der Waals surface area contributed by atoms with Crippen LogP contribution in [0.1, 0.15) is 31.1 Å². The van der Waals surface area contributed by atoms with Crippen LogP contribution >= 0.6 is 23.1 Å². The quantitative estimate of drug-likeness (QED) is 0.547. The van der Waals surface area contributed by atoms with Gasteiger partial charge >= 0.3 is 0 Å². The molecule has 0 spiro atoms. The standard InChI is InChI=1S/C17H21N5O2S2/c1-11(2)8-14-19-15(24-22-14)10-25-17-21-20-16(26-17)18-9-12-4-6-13(23-3)7-5-12/h4-7,11H,8-10H2,1-3H3,(H,18,20). The van der Waals surface area contributed by atoms with Crippen molar-refractivity contribution in [1.82, 2.24) is 20.3 Å². The van der Waals surface area contributed by atoms with Crippen molar-refractivity contribution in [2.45, 2.75) is 36.9 Å². The molecule has 1 N–H and O–H groups in total. The van der Waals surface area contributed by atoms with Crippen molar-refractivity contribution in [2.24, 2.45) is 5.92 Å². The second-order valence-electron chi connectivity index (χ2n) is 6.07. The Kier molecular flexibility index (Phi) is 6.45. The first-order valence-electron chi connectivity index (χ1n) is 8.27. The maximum absolute atomic E-state index is 5.27. The third-order valence-corrected chi connectivity index (χ3v) is 5.43. The highest BCUT2D eigenvalue weighted by Gasteiger charge is 2.11. The average Bonchev–Trinajstić information content (AvgIpc) is 3.27. The molecule has 0 unspecified atom stereocenters. The SMILES string of the molecule is COc1ccc(CNc2nnc(SCc3nc(CC(C)C)no3)s2)cc1. The first-order valence-corrected chi connectivity index (χ1v) is 10.1. The summed E-state index contributed by atoms with van der Waals surface area (Å²) in [6.07, 6.45) is 0.826. The summed E-state index contributed by atoms with van der Waals surface area (Å²) >= 11 is 3.06. The summed E-state index contributed by atoms with van der Waals surface area (Å²) in [6.45, 7) is 4.95. The van der Waals surface area contributed by atoms with E-state index in [1.807, 2.05) is 24.3 Å². The van der Waals surface area contributed by atoms with Crippen LogP contribution in [-0.2, 0) is 18.7 Å². The fourth-order valence-electron chi connectivity index (χ4n) is 2.18. The van der Waals surface area contributed by atoms with Crippen LogP contribution in [0.15, 0.2) is 33.1 Å². The minimum absolute atomic E-state index is 0.510. The molecule has 0 aliphatic carbocycles. The Balaban J connectivity index is 1.47. The number of hydrogen-bond donors (Lipinski definition) is 1. The molecule has 1 aromatic carbocycles. The molecule has 0 saturated heterocycles. The van der Waals surface area contributed by atoms with Gasteiger partial charge in [-0.15, -0.1) is 10.2 Å². The molecule has 3 rings (SSSR count). The van der Waals surface area contributed by atoms with Crippen LogP contribution in [0.3, 0.4) is 0 Å². The molecule has 2 aromatic heterocycles. The monoisotopic (exact) mass is 391 g/mol. The van der Waals surface area contributed by atoms with Gasteiger partial charge in [-0.3, -0.25) is 0 Å². The van der Waals surface area contributed by atoms with Crippen LogP contribution in [-0.4, -0.2) is 27.4 Å². The predicted molar refractivity (Wildman–Crippen MR) is 103 cm³/mol. The van der Waals surface area contributed by atoms with Gasteiger partial charge in [0.1, 0.15) is 5.75 Å². The molecule has 0 fully saturated rings. The molecule has 0 aliphatic heterocycles. The minimum Gasteiger partial charge on any atom is -0.497 e. The second-order valence-corrected chi connectivity index (χ2v) is 8.27. The lowest BCUT2D eigenvalue weighted by atomic mass is 10.1. The number of benzene rings is 1. The van der Waals surface area contributed by atoms with Crippen molar-refractivity contribution < 1.29 is 9.26 Å². The lowest BCUT2D eigenvalue weighted by Crippen LogP contribution is -1.98. The van der Waals surface area contributed by atoms with E-state index in [0.29, 0.717) is 24.1 Å². The van der Waals surface area contributed by atoms with Crippen LogP contribution in [0.25, 0.3) is 0 Å². The van der Waals surface area contributed by atoms with E-state index in [2.05, 4.69) is 39.5 Å². The van der Waals surface area contributed by atoms with Gasteiger partial charge in [0.2, 0.25) is 11.0 Å². The van der Waals surface area contributed by atoms with Crippen molar-refractivity contribution in [3.05, 3.63) is 41.5 Å². The molecule has 26 heavy (non-hydrogen) atoms. The molecule has 0 saturated carbocycles. The first-order chi connectivity index (χ1) is 12.6. The van der Waals surface area contributed by atoms with Gasteiger partial charge in [-0.1, -0.05) is 54.2 Å². The van der Waals surface area contributed by atoms with Crippen molar-refractivity contribution in [2.75, 3.05) is 12.4 Å². The van der Waals surface area contributed by atoms with Crippen LogP contribution < -0.4 is 10.1 Å². The van der Waals surface area contributed by atoms with Gasteiger partial charge < -0.3 is 14.6 Å². The third kappa shape index (κ3) is 5.43. The molecule has 7 nitrogen and oxygen atoms in total. The summed E-state index contributed by atoms with van der Waals surface area (Å²) in [5.41, 5.74) is 1.15. The lowest BCUT2D eigenvalue weighted by molar-refractivity contribution is 0.382. The van der Waals surface area contributed by atoms with Crippen LogP contribution in [0, 0.1) is 5.92 Å². The lowest BCUT2D eigenvalue weighted by Gasteiger charge is -2.03. The molecule has 9 heteroatoms. The Morgan fingerprint density at radius 1 is 1.23 bits per heavy atom. The Morgan fingerprint density at radius 2 is 2.04 bits per heavy atom. The van der Waals surface area contributed by atoms with E-state index in [0.717, 1.165) is 33.0 Å². The van der Waals surface area contributed by atoms with Crippen LogP contribution in [0.4, 0.5) is 5.13 Å². The van der Waals surface area contributed by atoms with Crippen molar-refractivity contribution in [3.8, 4) is 5.75 Å². The molecule has 2 heterocycles. The number of methoxy groups -OCH3 is 1. The highest BCUT2D eigenvalue weighted by atomic mass is 32.2. The molecule has 0 aliphatic rings. The van der Waals surface area contributed by atoms with E-state index in [-0.39, 0.29) is 0 Å². The van der Waals surface area contributed by atoms with Crippen molar-refractivity contribution >= 4 is 28.2 Å². The summed E-state index contributed by atoms with van der Waals surface area (Å²) in [5.74, 6) is 3.33. The van der Waals surface area contributed by atoms with E-state index >= 15 is 0 Å². The number of hydrogen-bond acceptors (Lipinski definition) is 9. The van der Waals surface area contributed by atoms with Gasteiger partial charge in [-0.25, -0.2) is 0 Å². The van der Waals surface area contributed by atoms with Gasteiger partial charge in [0.15, 0.2) is 10.2 Å². The van der Waals surface area contributed by atoms with Gasteiger partial charge in [0.25, 0.3) is 0 Å². The maximum Gasteiger partial charge on any atom is 0.237 e. The van der Waals surface area contributed by atoms with E-state index in [9.17, 15) is 0 Å². The fraction of sp³-hybridized carbons (Fsp3) is 0.412. The molecular formula is C17H21N5O2S2. The normalized spacial score (nSPS) is 11.1. The predicted octanol–water partition coefficient (Wildman–Crippen LogP) is 4.03. The van der Waals surface area contributed by atoms with E-state index in [1.165, 1.54) is 11.3 Å². The number of aromatic nitrogens is 4. The molecule has 0 radical (unpaired) electrons. The third-order valence-electron chi connectivity index (χ3n) is 3.43. The average molecular weight is 392 g/mol. The van der Waals surface area contributed by atoms with Gasteiger partial charge in [-0.2, -0.15) is 4.98 Å². The fourth-order valence-corrected chi connectivity index (χ4v) is 3.77. The van der Waals surface area contributed by atoms with Gasteiger partial charge in [-0.05, 0) is 23.6 Å². The summed E-state index contributed by atoms with van der Waals surface area (Å²) in [4.78, 5) is 4.39. The number of rotatable bonds is 9. The molecule has 138 valence electrons. The topological polar surface area (TPSA) is 86.0 Å². The van der Waals surface area contributed by atoms with Crippen LogP contribution in [0.2, 0.25) is 0 Å². The van der Waals surface area contributed by atoms with Crippen LogP contribution in [0.5, 0.6) is 5.75 Å². The summed E-state index contributed by atoms with van der Waals surface area (Å²) in [7, 11) is 1.66. The second kappa shape index (κ2) is 9.00. The zero-order valence-corrected chi connectivity index (χ0v) is 16.6. The summed E-state index contributed by atoms with van der Waals surface area (Å²) in [6, 6.07) is 7.92. The number of thioether (sulfide) groups is 1. The van der Waals surface area contributed by atoms with E-state index in [1.54, 1.807) is 18.9 Å².